The standard InChI is InChI=1S/C34H27Br5N4O8/c35-20-7-16-1-2-27(20)50-28-14-17(8-21(36)30(28)44)4-6-41-33(46)25(42-48)12-18-10-23(38)32(24(39)11-18)51-29-15-19(9-22(37)31(29)45)13-26(43-49)34(47)40-5-3-16/h1-2,7-11,14-15,25-26,44-45H,3-6,12-13H2,(H,40,47)(H,41,46). The lowest BCUT2D eigenvalue weighted by atomic mass is 10.0. The van der Waals surface area contributed by atoms with Crippen LogP contribution in [0.1, 0.15) is 22.3 Å². The second-order valence-corrected chi connectivity index (χ2v) is 15.7. The van der Waals surface area contributed by atoms with Crippen molar-refractivity contribution in [1.82, 2.24) is 10.6 Å². The van der Waals surface area contributed by atoms with Crippen LogP contribution < -0.4 is 20.1 Å². The van der Waals surface area contributed by atoms with Crippen molar-refractivity contribution in [3.05, 3.63) is 109 Å². The van der Waals surface area contributed by atoms with Gasteiger partial charge in [0.05, 0.1) is 22.4 Å². The van der Waals surface area contributed by atoms with Gasteiger partial charge in [0, 0.05) is 25.9 Å². The summed E-state index contributed by atoms with van der Waals surface area (Å²) in [7, 11) is 0. The first-order valence-electron chi connectivity index (χ1n) is 15.2. The maximum Gasteiger partial charge on any atom is 0.248 e. The fourth-order valence-corrected chi connectivity index (χ4v) is 8.14. The molecule has 0 spiro atoms. The van der Waals surface area contributed by atoms with Crippen molar-refractivity contribution in [2.24, 2.45) is 10.4 Å². The van der Waals surface area contributed by atoms with Crippen LogP contribution >= 0.6 is 79.6 Å². The molecule has 4 aliphatic heterocycles. The fraction of sp³-hybridized carbons (Fsp3) is 0.235. The van der Waals surface area contributed by atoms with Crippen molar-refractivity contribution in [2.45, 2.75) is 37.8 Å². The first-order chi connectivity index (χ1) is 24.4. The van der Waals surface area contributed by atoms with Crippen LogP contribution in [0, 0.1) is 9.81 Å². The van der Waals surface area contributed by atoms with E-state index in [0.29, 0.717) is 47.6 Å². The normalized spacial score (nSPS) is 17.3. The van der Waals surface area contributed by atoms with Crippen molar-refractivity contribution in [1.29, 1.82) is 0 Å². The van der Waals surface area contributed by atoms with E-state index in [2.05, 4.69) is 101 Å². The summed E-state index contributed by atoms with van der Waals surface area (Å²) in [5.41, 5.74) is 2.66. The molecule has 12 nitrogen and oxygen atoms in total. The van der Waals surface area contributed by atoms with Crippen LogP contribution in [0.5, 0.6) is 34.5 Å². The Morgan fingerprint density at radius 1 is 0.569 bits per heavy atom. The Morgan fingerprint density at radius 3 is 1.57 bits per heavy atom. The van der Waals surface area contributed by atoms with Crippen molar-refractivity contribution in [3.8, 4) is 34.5 Å². The van der Waals surface area contributed by atoms with Gasteiger partial charge in [-0.2, -0.15) is 0 Å². The Balaban J connectivity index is 1.46. The zero-order valence-corrected chi connectivity index (χ0v) is 34.2. The molecule has 4 aromatic rings. The summed E-state index contributed by atoms with van der Waals surface area (Å²) in [6, 6.07) is 12.6. The van der Waals surface area contributed by atoms with Crippen LogP contribution in [0.2, 0.25) is 0 Å². The van der Waals surface area contributed by atoms with Crippen molar-refractivity contribution in [2.75, 3.05) is 13.1 Å². The average molecular weight is 1020 g/mol. The largest absolute Gasteiger partial charge is 0.503 e. The van der Waals surface area contributed by atoms with Gasteiger partial charge >= 0.3 is 0 Å². The average Bonchev–Trinajstić information content (AvgIpc) is 3.08. The number of amides is 2. The van der Waals surface area contributed by atoms with Gasteiger partial charge in [-0.05, 0) is 163 Å². The maximum atomic E-state index is 13.0. The van der Waals surface area contributed by atoms with Crippen LogP contribution in [0.25, 0.3) is 0 Å². The highest BCUT2D eigenvalue weighted by molar-refractivity contribution is 9.11. The summed E-state index contributed by atoms with van der Waals surface area (Å²) in [5, 5.41) is 33.1. The van der Waals surface area contributed by atoms with Gasteiger partial charge in [-0.3, -0.25) is 9.59 Å². The number of carbonyl (C=O) groups excluding carboxylic acids is 2. The lowest BCUT2D eigenvalue weighted by molar-refractivity contribution is -0.123. The lowest BCUT2D eigenvalue weighted by Gasteiger charge is -2.17. The third-order valence-electron chi connectivity index (χ3n) is 7.81. The van der Waals surface area contributed by atoms with Crippen LogP contribution in [0.3, 0.4) is 0 Å². The number of nitrogens with one attached hydrogen (secondary N) is 2. The molecule has 0 saturated carbocycles. The van der Waals surface area contributed by atoms with E-state index in [4.69, 9.17) is 9.47 Å². The minimum Gasteiger partial charge on any atom is -0.503 e. The molecule has 51 heavy (non-hydrogen) atoms. The Morgan fingerprint density at radius 2 is 1.02 bits per heavy atom. The van der Waals surface area contributed by atoms with Gasteiger partial charge in [0.1, 0.15) is 5.75 Å². The molecular formula is C34H27Br5N4O8. The van der Waals surface area contributed by atoms with E-state index in [-0.39, 0.29) is 59.2 Å². The molecule has 0 aromatic heterocycles. The number of nitrogens with zero attached hydrogens (tertiary/aromatic N) is 2. The Hall–Kier alpha value is -3.38. The van der Waals surface area contributed by atoms with Crippen molar-refractivity contribution < 1.29 is 29.3 Å². The van der Waals surface area contributed by atoms with Gasteiger partial charge in [0.25, 0.3) is 0 Å². The summed E-state index contributed by atoms with van der Waals surface area (Å²) in [6.45, 7) is 0.400. The molecule has 17 heteroatoms. The van der Waals surface area contributed by atoms with E-state index in [1.807, 2.05) is 6.07 Å². The van der Waals surface area contributed by atoms with Crippen LogP contribution in [-0.4, -0.2) is 47.2 Å². The molecule has 0 fully saturated rings. The Labute approximate surface area is 333 Å². The molecule has 4 heterocycles. The third kappa shape index (κ3) is 9.74. The summed E-state index contributed by atoms with van der Waals surface area (Å²) in [6.07, 6.45) is 0.694. The number of benzene rings is 4. The Bertz CT molecular complexity index is 1990. The van der Waals surface area contributed by atoms with Gasteiger partial charge in [-0.1, -0.05) is 16.4 Å². The highest BCUT2D eigenvalue weighted by Crippen LogP contribution is 2.44. The number of phenolic OH excluding ortho intramolecular Hbond substituents is 2. The van der Waals surface area contributed by atoms with Crippen LogP contribution in [0.15, 0.2) is 87.3 Å². The molecule has 0 radical (unpaired) electrons. The number of hydrogen-bond donors (Lipinski definition) is 4. The molecule has 266 valence electrons. The second-order valence-electron chi connectivity index (χ2n) is 11.4. The van der Waals surface area contributed by atoms with Crippen LogP contribution in [0.4, 0.5) is 0 Å². The SMILES string of the molecule is O=NC1Cc2cc(Br)c(c(Br)c2)Oc2cc(cc(Br)c2O)CC(N=O)C(=O)NCCc2ccc(c(Br)c2)Oc2cc(cc(Br)c2O)CCNC1=O. The van der Waals surface area contributed by atoms with Crippen LogP contribution in [-0.2, 0) is 35.3 Å². The fourth-order valence-electron chi connectivity index (χ4n) is 5.21. The summed E-state index contributed by atoms with van der Waals surface area (Å²) in [4.78, 5) is 49.5. The zero-order valence-electron chi connectivity index (χ0n) is 26.2. The minimum absolute atomic E-state index is 0.0162. The second kappa shape index (κ2) is 17.4. The number of carbonyl (C=O) groups is 2. The quantitative estimate of drug-likeness (QED) is 0.144. The topological polar surface area (TPSA) is 176 Å². The van der Waals surface area contributed by atoms with Gasteiger partial charge in [-0.25, -0.2) is 0 Å². The minimum atomic E-state index is -1.26. The van der Waals surface area contributed by atoms with Gasteiger partial charge < -0.3 is 30.3 Å². The predicted octanol–water partition coefficient (Wildman–Crippen LogP) is 8.88. The molecule has 2 amide bonds. The Kier molecular flexibility index (Phi) is 13.3. The van der Waals surface area contributed by atoms with E-state index in [1.165, 1.54) is 6.07 Å². The molecular weight excluding hydrogens is 992 g/mol. The van der Waals surface area contributed by atoms with E-state index in [1.54, 1.807) is 42.5 Å². The highest BCUT2D eigenvalue weighted by atomic mass is 79.9. The van der Waals surface area contributed by atoms with Gasteiger partial charge in [-0.15, -0.1) is 9.81 Å². The lowest BCUT2D eigenvalue weighted by Crippen LogP contribution is -2.35. The van der Waals surface area contributed by atoms with Gasteiger partial charge in [0.15, 0.2) is 40.8 Å². The summed E-state index contributed by atoms with van der Waals surface area (Å²) in [5.74, 6) is -0.563. The molecule has 2 unspecified atom stereocenters. The van der Waals surface area contributed by atoms with E-state index >= 15 is 0 Å². The number of aromatic hydroxyl groups is 2. The number of ether oxygens (including phenoxy) is 2. The predicted molar refractivity (Wildman–Crippen MR) is 208 cm³/mol. The molecule has 4 aromatic carbocycles. The number of hydrogen-bond acceptors (Lipinski definition) is 10. The number of phenols is 2. The number of halogens is 5. The summed E-state index contributed by atoms with van der Waals surface area (Å²) >= 11 is 17.1. The smallest absolute Gasteiger partial charge is 0.248 e. The first-order valence-corrected chi connectivity index (χ1v) is 19.2. The monoisotopic (exact) mass is 1010 g/mol. The molecule has 2 atom stereocenters. The molecule has 0 saturated heterocycles. The number of nitroso groups, excluding NO2 is 2. The molecule has 0 aliphatic carbocycles. The zero-order chi connectivity index (χ0) is 36.8. The van der Waals surface area contributed by atoms with E-state index in [0.717, 1.165) is 11.1 Å². The summed E-state index contributed by atoms with van der Waals surface area (Å²) < 4.78 is 14.2. The number of rotatable bonds is 2. The maximum absolute atomic E-state index is 13.0. The highest BCUT2D eigenvalue weighted by Gasteiger charge is 2.24. The first kappa shape index (κ1) is 38.8. The van der Waals surface area contributed by atoms with Crippen molar-refractivity contribution in [3.63, 3.8) is 0 Å². The van der Waals surface area contributed by atoms with Gasteiger partial charge in [0.2, 0.25) is 11.8 Å². The van der Waals surface area contributed by atoms with E-state index in [9.17, 15) is 29.6 Å². The van der Waals surface area contributed by atoms with Crippen molar-refractivity contribution >= 4 is 91.5 Å². The molecule has 4 aliphatic rings. The van der Waals surface area contributed by atoms with E-state index < -0.39 is 23.9 Å². The molecule has 4 N–H and O–H groups in total. The molecule has 8 bridgehead atoms. The molecule has 8 rings (SSSR count). The third-order valence-corrected chi connectivity index (χ3v) is 10.8.